The van der Waals surface area contributed by atoms with Crippen LogP contribution in [0.4, 0.5) is 0 Å². The second kappa shape index (κ2) is 9.45. The van der Waals surface area contributed by atoms with Gasteiger partial charge in [-0.2, -0.15) is 0 Å². The summed E-state index contributed by atoms with van der Waals surface area (Å²) >= 11 is 0. The number of nitrogens with one attached hydrogen (secondary N) is 2. The molecular weight excluding hydrogens is 388 g/mol. The van der Waals surface area contributed by atoms with E-state index in [-0.39, 0.29) is 23.8 Å². The van der Waals surface area contributed by atoms with E-state index in [1.165, 1.54) is 33.5 Å². The first-order valence-electron chi connectivity index (χ1n) is 8.55. The van der Waals surface area contributed by atoms with Crippen LogP contribution in [0.15, 0.2) is 18.2 Å². The third-order valence-corrected chi connectivity index (χ3v) is 6.11. The minimum absolute atomic E-state index is 0.00731. The van der Waals surface area contributed by atoms with Crippen molar-refractivity contribution in [3.8, 4) is 17.2 Å². The standard InChI is InChI=1S/C18H24N2O7S/c1-25-14-10-16(27-3)15(26-2)9-13(14)4-5-17(21)19-20-18(22)8-12-6-7-28(23,24)11-12/h4-5,9-10,12H,6-8,11H2,1-3H3,(H,19,21)(H,20,22)/b5-4+/t12-/m0/s1. The third kappa shape index (κ3) is 5.88. The molecule has 0 aromatic heterocycles. The lowest BCUT2D eigenvalue weighted by Gasteiger charge is -2.12. The fourth-order valence-corrected chi connectivity index (χ4v) is 4.73. The highest BCUT2D eigenvalue weighted by Crippen LogP contribution is 2.35. The molecular formula is C18H24N2O7S. The molecule has 1 fully saturated rings. The number of hydrogen-bond donors (Lipinski definition) is 2. The maximum absolute atomic E-state index is 11.9. The van der Waals surface area contributed by atoms with Crippen molar-refractivity contribution < 1.29 is 32.2 Å². The maximum Gasteiger partial charge on any atom is 0.262 e. The molecule has 0 saturated carbocycles. The zero-order valence-corrected chi connectivity index (χ0v) is 16.8. The zero-order chi connectivity index (χ0) is 20.7. The van der Waals surface area contributed by atoms with Crippen LogP contribution in [0, 0.1) is 5.92 Å². The Bertz CT molecular complexity index is 865. The molecule has 0 unspecified atom stereocenters. The Labute approximate surface area is 163 Å². The van der Waals surface area contributed by atoms with E-state index < -0.39 is 21.7 Å². The van der Waals surface area contributed by atoms with Crippen LogP contribution in [0.3, 0.4) is 0 Å². The van der Waals surface area contributed by atoms with Gasteiger partial charge >= 0.3 is 0 Å². The van der Waals surface area contributed by atoms with Crippen molar-refractivity contribution >= 4 is 27.7 Å². The van der Waals surface area contributed by atoms with Crippen molar-refractivity contribution in [3.63, 3.8) is 0 Å². The zero-order valence-electron chi connectivity index (χ0n) is 16.0. The van der Waals surface area contributed by atoms with Crippen LogP contribution in [0.2, 0.25) is 0 Å². The minimum atomic E-state index is -3.04. The predicted molar refractivity (Wildman–Crippen MR) is 103 cm³/mol. The Hall–Kier alpha value is -2.75. The van der Waals surface area contributed by atoms with Gasteiger partial charge in [-0.1, -0.05) is 0 Å². The molecule has 1 heterocycles. The van der Waals surface area contributed by atoms with E-state index in [2.05, 4.69) is 10.9 Å². The second-order valence-electron chi connectivity index (χ2n) is 6.29. The highest BCUT2D eigenvalue weighted by atomic mass is 32.2. The largest absolute Gasteiger partial charge is 0.496 e. The molecule has 0 aliphatic carbocycles. The van der Waals surface area contributed by atoms with Crippen LogP contribution in [0.5, 0.6) is 17.2 Å². The smallest absolute Gasteiger partial charge is 0.262 e. The van der Waals surface area contributed by atoms with Crippen LogP contribution in [0.1, 0.15) is 18.4 Å². The monoisotopic (exact) mass is 412 g/mol. The predicted octanol–water partition coefficient (Wildman–Crippen LogP) is 0.698. The summed E-state index contributed by atoms with van der Waals surface area (Å²) in [6.45, 7) is 0. The first kappa shape index (κ1) is 21.5. The summed E-state index contributed by atoms with van der Waals surface area (Å²) in [7, 11) is 1.45. The summed E-state index contributed by atoms with van der Waals surface area (Å²) in [6.07, 6.45) is 3.24. The van der Waals surface area contributed by atoms with Gasteiger partial charge in [-0.25, -0.2) is 8.42 Å². The number of carbonyl (C=O) groups is 2. The number of methoxy groups -OCH3 is 3. The minimum Gasteiger partial charge on any atom is -0.496 e. The first-order valence-corrected chi connectivity index (χ1v) is 10.4. The van der Waals surface area contributed by atoms with Gasteiger partial charge in [0.05, 0.1) is 32.8 Å². The van der Waals surface area contributed by atoms with Gasteiger partial charge in [-0.15, -0.1) is 0 Å². The van der Waals surface area contributed by atoms with Crippen LogP contribution in [-0.4, -0.2) is 53.1 Å². The molecule has 1 atom stereocenters. The van der Waals surface area contributed by atoms with E-state index in [1.54, 1.807) is 12.1 Å². The van der Waals surface area contributed by atoms with Crippen LogP contribution >= 0.6 is 0 Å². The van der Waals surface area contributed by atoms with Gasteiger partial charge < -0.3 is 14.2 Å². The van der Waals surface area contributed by atoms with Crippen LogP contribution in [-0.2, 0) is 19.4 Å². The number of ether oxygens (including phenoxy) is 3. The number of hydrazine groups is 1. The van der Waals surface area contributed by atoms with Crippen molar-refractivity contribution in [3.05, 3.63) is 23.8 Å². The van der Waals surface area contributed by atoms with Crippen molar-refractivity contribution in [2.75, 3.05) is 32.8 Å². The Morgan fingerprint density at radius 1 is 1.07 bits per heavy atom. The lowest BCUT2D eigenvalue weighted by Crippen LogP contribution is -2.41. The van der Waals surface area contributed by atoms with E-state index in [0.717, 1.165) is 0 Å². The first-order chi connectivity index (χ1) is 13.3. The number of benzene rings is 1. The van der Waals surface area contributed by atoms with Gasteiger partial charge in [0.1, 0.15) is 5.75 Å². The van der Waals surface area contributed by atoms with Gasteiger partial charge in [0.2, 0.25) is 5.91 Å². The van der Waals surface area contributed by atoms with Crippen molar-refractivity contribution in [1.82, 2.24) is 10.9 Å². The Morgan fingerprint density at radius 2 is 1.71 bits per heavy atom. The number of amides is 2. The average Bonchev–Trinajstić information content (AvgIpc) is 3.01. The molecule has 0 radical (unpaired) electrons. The number of rotatable bonds is 7. The summed E-state index contributed by atoms with van der Waals surface area (Å²) in [5.41, 5.74) is 5.13. The van der Waals surface area contributed by atoms with E-state index in [0.29, 0.717) is 29.2 Å². The molecule has 154 valence electrons. The molecule has 1 aromatic carbocycles. The van der Waals surface area contributed by atoms with Gasteiger partial charge in [-0.05, 0) is 24.5 Å². The third-order valence-electron chi connectivity index (χ3n) is 4.28. The Morgan fingerprint density at radius 3 is 2.29 bits per heavy atom. The lowest BCUT2D eigenvalue weighted by molar-refractivity contribution is -0.127. The second-order valence-corrected chi connectivity index (χ2v) is 8.52. The van der Waals surface area contributed by atoms with Gasteiger partial charge in [-0.3, -0.25) is 20.4 Å². The normalized spacial score (nSPS) is 17.9. The van der Waals surface area contributed by atoms with Gasteiger partial charge in [0.15, 0.2) is 21.3 Å². The Balaban J connectivity index is 1.92. The lowest BCUT2D eigenvalue weighted by atomic mass is 10.1. The topological polar surface area (TPSA) is 120 Å². The summed E-state index contributed by atoms with van der Waals surface area (Å²) in [4.78, 5) is 23.8. The number of hydrogen-bond acceptors (Lipinski definition) is 7. The highest BCUT2D eigenvalue weighted by molar-refractivity contribution is 7.91. The molecule has 2 amide bonds. The average molecular weight is 412 g/mol. The molecule has 1 aromatic rings. The summed E-state index contributed by atoms with van der Waals surface area (Å²) < 4.78 is 38.5. The van der Waals surface area contributed by atoms with E-state index >= 15 is 0 Å². The number of carbonyl (C=O) groups excluding carboxylic acids is 2. The highest BCUT2D eigenvalue weighted by Gasteiger charge is 2.29. The summed E-state index contributed by atoms with van der Waals surface area (Å²) in [5, 5.41) is 0. The fraction of sp³-hybridized carbons (Fsp3) is 0.444. The molecule has 1 saturated heterocycles. The SMILES string of the molecule is COc1cc(OC)c(OC)cc1/C=C/C(=O)NNC(=O)C[C@@H]1CCS(=O)(=O)C1. The maximum atomic E-state index is 11.9. The van der Waals surface area contributed by atoms with Crippen molar-refractivity contribution in [1.29, 1.82) is 0 Å². The van der Waals surface area contributed by atoms with E-state index in [4.69, 9.17) is 14.2 Å². The molecule has 9 nitrogen and oxygen atoms in total. The van der Waals surface area contributed by atoms with E-state index in [9.17, 15) is 18.0 Å². The quantitative estimate of drug-likeness (QED) is 0.500. The summed E-state index contributed by atoms with van der Waals surface area (Å²) in [5.74, 6) is 0.351. The molecule has 28 heavy (non-hydrogen) atoms. The molecule has 10 heteroatoms. The molecule has 1 aliphatic rings. The summed E-state index contributed by atoms with van der Waals surface area (Å²) in [6, 6.07) is 3.29. The van der Waals surface area contributed by atoms with E-state index in [1.807, 2.05) is 0 Å². The molecule has 1 aliphatic heterocycles. The molecule has 2 N–H and O–H groups in total. The number of sulfone groups is 1. The van der Waals surface area contributed by atoms with Crippen molar-refractivity contribution in [2.45, 2.75) is 12.8 Å². The van der Waals surface area contributed by atoms with Gasteiger partial charge in [0.25, 0.3) is 5.91 Å². The van der Waals surface area contributed by atoms with Gasteiger partial charge in [0, 0.05) is 24.1 Å². The molecule has 2 rings (SSSR count). The fourth-order valence-electron chi connectivity index (χ4n) is 2.87. The molecule has 0 spiro atoms. The van der Waals surface area contributed by atoms with Crippen molar-refractivity contribution in [2.24, 2.45) is 5.92 Å². The van der Waals surface area contributed by atoms with Crippen LogP contribution < -0.4 is 25.1 Å². The van der Waals surface area contributed by atoms with Crippen LogP contribution in [0.25, 0.3) is 6.08 Å². The molecule has 0 bridgehead atoms. The Kier molecular flexibility index (Phi) is 7.27.